The molecule has 2 heterocycles. The van der Waals surface area contributed by atoms with Crippen LogP contribution in [0.5, 0.6) is 0 Å². The van der Waals surface area contributed by atoms with Gasteiger partial charge in [0.1, 0.15) is 0 Å². The monoisotopic (exact) mass is 319 g/mol. The lowest BCUT2D eigenvalue weighted by Crippen LogP contribution is -2.46. The van der Waals surface area contributed by atoms with Crippen molar-refractivity contribution in [2.45, 2.75) is 38.8 Å². The number of nitrogens with zero attached hydrogens (tertiary/aromatic N) is 1. The van der Waals surface area contributed by atoms with E-state index in [0.717, 1.165) is 36.8 Å². The van der Waals surface area contributed by atoms with E-state index in [0.29, 0.717) is 16.6 Å². The summed E-state index contributed by atoms with van der Waals surface area (Å²) in [5.74, 6) is -0.0792. The first-order valence-electron chi connectivity index (χ1n) is 7.86. The number of benzene rings is 1. The van der Waals surface area contributed by atoms with Crippen molar-refractivity contribution in [2.75, 3.05) is 13.1 Å². The molecule has 0 aliphatic carbocycles. The summed E-state index contributed by atoms with van der Waals surface area (Å²) in [5, 5.41) is 4.65. The molecule has 0 saturated carbocycles. The molecule has 0 unspecified atom stereocenters. The number of H-pyrrole nitrogens is 1. The van der Waals surface area contributed by atoms with Crippen molar-refractivity contribution in [3.05, 3.63) is 35.0 Å². The van der Waals surface area contributed by atoms with Crippen LogP contribution in [0.2, 0.25) is 5.02 Å². The number of halogens is 1. The molecule has 1 fully saturated rings. The van der Waals surface area contributed by atoms with Gasteiger partial charge in [0.25, 0.3) is 5.91 Å². The molecule has 1 amide bonds. The molecule has 5 heteroatoms. The van der Waals surface area contributed by atoms with Crippen molar-refractivity contribution in [2.24, 2.45) is 0 Å². The van der Waals surface area contributed by atoms with Crippen LogP contribution in [0, 0.1) is 0 Å². The van der Waals surface area contributed by atoms with Gasteiger partial charge in [-0.1, -0.05) is 11.6 Å². The number of amides is 1. The minimum Gasteiger partial charge on any atom is -0.361 e. The van der Waals surface area contributed by atoms with Crippen LogP contribution >= 0.6 is 11.6 Å². The predicted molar refractivity (Wildman–Crippen MR) is 90.5 cm³/mol. The number of fused-ring (bicyclic) bond motifs is 1. The molecule has 1 saturated heterocycles. The van der Waals surface area contributed by atoms with E-state index >= 15 is 0 Å². The maximum atomic E-state index is 12.5. The molecule has 1 aromatic carbocycles. The molecule has 2 aromatic rings. The van der Waals surface area contributed by atoms with Crippen molar-refractivity contribution in [3.8, 4) is 0 Å². The predicted octanol–water partition coefficient (Wildman–Crippen LogP) is 3.42. The smallest absolute Gasteiger partial charge is 0.253 e. The highest BCUT2D eigenvalue weighted by atomic mass is 35.5. The number of aromatic nitrogens is 1. The summed E-state index contributed by atoms with van der Waals surface area (Å²) >= 11 is 6.25. The highest BCUT2D eigenvalue weighted by Crippen LogP contribution is 2.24. The van der Waals surface area contributed by atoms with Crippen molar-refractivity contribution in [1.29, 1.82) is 0 Å². The molecule has 118 valence electrons. The molecule has 0 radical (unpaired) electrons. The van der Waals surface area contributed by atoms with Gasteiger partial charge in [0.15, 0.2) is 0 Å². The second-order valence-electron chi connectivity index (χ2n) is 6.27. The van der Waals surface area contributed by atoms with Gasteiger partial charge in [-0.25, -0.2) is 0 Å². The number of carbonyl (C=O) groups excluding carboxylic acids is 1. The lowest BCUT2D eigenvalue weighted by atomic mass is 10.0. The highest BCUT2D eigenvalue weighted by Gasteiger charge is 2.23. The van der Waals surface area contributed by atoms with Gasteiger partial charge in [-0.15, -0.1) is 0 Å². The topological polar surface area (TPSA) is 48.1 Å². The summed E-state index contributed by atoms with van der Waals surface area (Å²) in [6, 6.07) is 6.42. The lowest BCUT2D eigenvalue weighted by Gasteiger charge is -2.34. The number of hydrogen-bond acceptors (Lipinski definition) is 2. The van der Waals surface area contributed by atoms with Gasteiger partial charge in [-0.3, -0.25) is 4.79 Å². The third kappa shape index (κ3) is 3.13. The average Bonchev–Trinajstić information content (AvgIpc) is 2.94. The standard InChI is InChI=1S/C17H22ClN3O/c1-11(2)21-7-4-13(5-8-21)20-17(22)14-10-16-12(3-6-19-16)9-15(14)18/h3,6,9-11,13,19H,4-5,7-8H2,1-2H3,(H,20,22). The molecule has 1 aliphatic heterocycles. The normalized spacial score (nSPS) is 17.3. The molecule has 1 aliphatic rings. The minimum absolute atomic E-state index is 0.0792. The third-order valence-corrected chi connectivity index (χ3v) is 4.79. The fourth-order valence-electron chi connectivity index (χ4n) is 3.07. The van der Waals surface area contributed by atoms with Crippen molar-refractivity contribution in [1.82, 2.24) is 15.2 Å². The first-order chi connectivity index (χ1) is 10.5. The zero-order valence-electron chi connectivity index (χ0n) is 13.0. The second-order valence-corrected chi connectivity index (χ2v) is 6.68. The van der Waals surface area contributed by atoms with Crippen LogP contribution in [0.4, 0.5) is 0 Å². The maximum absolute atomic E-state index is 12.5. The summed E-state index contributed by atoms with van der Waals surface area (Å²) in [7, 11) is 0. The first-order valence-corrected chi connectivity index (χ1v) is 8.24. The zero-order valence-corrected chi connectivity index (χ0v) is 13.8. The summed E-state index contributed by atoms with van der Waals surface area (Å²) in [6.45, 7) is 6.49. The van der Waals surface area contributed by atoms with E-state index in [1.165, 1.54) is 0 Å². The Balaban J connectivity index is 1.67. The summed E-state index contributed by atoms with van der Waals surface area (Å²) in [6.07, 6.45) is 3.84. The van der Waals surface area contributed by atoms with E-state index in [2.05, 4.69) is 29.0 Å². The van der Waals surface area contributed by atoms with E-state index in [9.17, 15) is 4.79 Å². The van der Waals surface area contributed by atoms with Gasteiger partial charge in [0.2, 0.25) is 0 Å². The lowest BCUT2D eigenvalue weighted by molar-refractivity contribution is 0.0901. The van der Waals surface area contributed by atoms with E-state index in [1.54, 1.807) is 0 Å². The van der Waals surface area contributed by atoms with Crippen LogP contribution in [0.15, 0.2) is 24.4 Å². The van der Waals surface area contributed by atoms with Gasteiger partial charge >= 0.3 is 0 Å². The first kappa shape index (κ1) is 15.4. The SMILES string of the molecule is CC(C)N1CCC(NC(=O)c2cc3[nH]ccc3cc2Cl)CC1. The Hall–Kier alpha value is -1.52. The Morgan fingerprint density at radius 1 is 1.36 bits per heavy atom. The Morgan fingerprint density at radius 2 is 2.09 bits per heavy atom. The van der Waals surface area contributed by atoms with Crippen molar-refractivity contribution >= 4 is 28.4 Å². The Bertz CT molecular complexity index is 672. The number of nitrogens with one attached hydrogen (secondary N) is 2. The number of hydrogen-bond donors (Lipinski definition) is 2. The molecular weight excluding hydrogens is 298 g/mol. The van der Waals surface area contributed by atoms with Gasteiger partial charge in [-0.05, 0) is 44.9 Å². The quantitative estimate of drug-likeness (QED) is 0.910. The van der Waals surface area contributed by atoms with Crippen LogP contribution in [0.1, 0.15) is 37.0 Å². The highest BCUT2D eigenvalue weighted by molar-refractivity contribution is 6.34. The molecule has 0 spiro atoms. The molecule has 3 rings (SSSR count). The number of likely N-dealkylation sites (tertiary alicyclic amines) is 1. The number of carbonyl (C=O) groups is 1. The average molecular weight is 320 g/mol. The third-order valence-electron chi connectivity index (χ3n) is 4.48. The van der Waals surface area contributed by atoms with Crippen LogP contribution < -0.4 is 5.32 Å². The van der Waals surface area contributed by atoms with Gasteiger partial charge in [0.05, 0.1) is 10.6 Å². The Morgan fingerprint density at radius 3 is 2.77 bits per heavy atom. The summed E-state index contributed by atoms with van der Waals surface area (Å²) < 4.78 is 0. The zero-order chi connectivity index (χ0) is 15.7. The molecule has 4 nitrogen and oxygen atoms in total. The minimum atomic E-state index is -0.0792. The number of aromatic amines is 1. The number of rotatable bonds is 3. The van der Waals surface area contributed by atoms with Crippen LogP contribution in [-0.2, 0) is 0 Å². The summed E-state index contributed by atoms with van der Waals surface area (Å²) in [4.78, 5) is 18.1. The van der Waals surface area contributed by atoms with E-state index in [4.69, 9.17) is 11.6 Å². The van der Waals surface area contributed by atoms with Crippen molar-refractivity contribution in [3.63, 3.8) is 0 Å². The maximum Gasteiger partial charge on any atom is 0.253 e. The molecule has 0 bridgehead atoms. The van der Waals surface area contributed by atoms with Gasteiger partial charge in [0, 0.05) is 42.3 Å². The molecular formula is C17H22ClN3O. The molecule has 1 aromatic heterocycles. The van der Waals surface area contributed by atoms with E-state index in [-0.39, 0.29) is 11.9 Å². The number of piperidine rings is 1. The molecule has 0 atom stereocenters. The van der Waals surface area contributed by atoms with Crippen molar-refractivity contribution < 1.29 is 4.79 Å². The van der Waals surface area contributed by atoms with E-state index in [1.807, 2.05) is 24.4 Å². The van der Waals surface area contributed by atoms with Gasteiger partial charge < -0.3 is 15.2 Å². The fourth-order valence-corrected chi connectivity index (χ4v) is 3.33. The van der Waals surface area contributed by atoms with E-state index < -0.39 is 0 Å². The van der Waals surface area contributed by atoms with Crippen LogP contribution in [0.25, 0.3) is 10.9 Å². The Labute approximate surface area is 135 Å². The fraction of sp³-hybridized carbons (Fsp3) is 0.471. The van der Waals surface area contributed by atoms with Crippen LogP contribution in [0.3, 0.4) is 0 Å². The largest absolute Gasteiger partial charge is 0.361 e. The summed E-state index contributed by atoms with van der Waals surface area (Å²) in [5.41, 5.74) is 1.48. The van der Waals surface area contributed by atoms with Crippen LogP contribution in [-0.4, -0.2) is 41.0 Å². The Kier molecular flexibility index (Phi) is 4.41. The molecule has 22 heavy (non-hydrogen) atoms. The van der Waals surface area contributed by atoms with Gasteiger partial charge in [-0.2, -0.15) is 0 Å². The molecule has 2 N–H and O–H groups in total. The second kappa shape index (κ2) is 6.31.